The Bertz CT molecular complexity index is 685. The predicted octanol–water partition coefficient (Wildman–Crippen LogP) is 8.80. The summed E-state index contributed by atoms with van der Waals surface area (Å²) < 4.78 is 0. The van der Waals surface area contributed by atoms with Crippen LogP contribution in [-0.2, 0) is 19.3 Å². The van der Waals surface area contributed by atoms with Crippen LogP contribution in [0.5, 0.6) is 0 Å². The van der Waals surface area contributed by atoms with Crippen molar-refractivity contribution < 1.29 is 0 Å². The van der Waals surface area contributed by atoms with Crippen molar-refractivity contribution in [2.75, 3.05) is 0 Å². The highest BCUT2D eigenvalue weighted by atomic mass is 14.3. The zero-order valence-corrected chi connectivity index (χ0v) is 20.1. The molecule has 2 fully saturated rings. The van der Waals surface area contributed by atoms with E-state index in [1.807, 2.05) is 0 Å². The highest BCUT2D eigenvalue weighted by molar-refractivity contribution is 5.31. The summed E-state index contributed by atoms with van der Waals surface area (Å²) in [5, 5.41) is 0. The lowest BCUT2D eigenvalue weighted by atomic mass is 9.78. The largest absolute Gasteiger partial charge is 0.0651 e. The molecule has 0 spiro atoms. The smallest absolute Gasteiger partial charge is 0.00258 e. The average molecular weight is 417 g/mol. The molecule has 0 aromatic heterocycles. The first kappa shape index (κ1) is 22.6. The molecule has 0 atom stereocenters. The van der Waals surface area contributed by atoms with E-state index in [2.05, 4.69) is 62.4 Å². The van der Waals surface area contributed by atoms with Crippen LogP contribution in [0.15, 0.2) is 48.5 Å². The third-order valence-corrected chi connectivity index (χ3v) is 8.59. The second kappa shape index (κ2) is 11.3. The van der Waals surface area contributed by atoms with E-state index < -0.39 is 0 Å². The van der Waals surface area contributed by atoms with Crippen LogP contribution < -0.4 is 0 Å². The first-order chi connectivity index (χ1) is 15.2. The Morgan fingerprint density at radius 3 is 1.06 bits per heavy atom. The Kier molecular flexibility index (Phi) is 8.28. The van der Waals surface area contributed by atoms with Crippen LogP contribution in [0.4, 0.5) is 0 Å². The standard InChI is InChI=1S/C31H44/c1-3-24-5-9-26(10-6-24)21-28-13-17-30(18-14-28)23-31-19-15-29(16-20-31)22-27-11-7-25(4-2)8-12-27/h13-20,24-27H,3-12,21-23H2,1-2H3. The fourth-order valence-electron chi connectivity index (χ4n) is 6.18. The SMILES string of the molecule is CCC1CCC(Cc2ccc(Cc3ccc(CC4CCC(CC)CC4)cc3)cc2)CC1. The van der Waals surface area contributed by atoms with Gasteiger partial charge in [-0.05, 0) is 90.9 Å². The van der Waals surface area contributed by atoms with Gasteiger partial charge in [-0.1, -0.05) is 101 Å². The zero-order valence-electron chi connectivity index (χ0n) is 20.1. The van der Waals surface area contributed by atoms with E-state index in [4.69, 9.17) is 0 Å². The molecule has 0 amide bonds. The lowest BCUT2D eigenvalue weighted by Gasteiger charge is -2.27. The molecule has 2 aliphatic carbocycles. The van der Waals surface area contributed by atoms with Crippen molar-refractivity contribution in [3.05, 3.63) is 70.8 Å². The molecule has 2 aromatic rings. The van der Waals surface area contributed by atoms with Crippen LogP contribution in [0, 0.1) is 23.7 Å². The molecule has 0 N–H and O–H groups in total. The van der Waals surface area contributed by atoms with Gasteiger partial charge in [0.15, 0.2) is 0 Å². The molecule has 0 heteroatoms. The second-order valence-electron chi connectivity index (χ2n) is 10.8. The molecule has 4 rings (SSSR count). The maximum atomic E-state index is 2.39. The van der Waals surface area contributed by atoms with Crippen molar-refractivity contribution in [3.8, 4) is 0 Å². The van der Waals surface area contributed by atoms with Crippen molar-refractivity contribution in [1.82, 2.24) is 0 Å². The summed E-state index contributed by atoms with van der Waals surface area (Å²) in [4.78, 5) is 0. The lowest BCUT2D eigenvalue weighted by molar-refractivity contribution is 0.268. The van der Waals surface area contributed by atoms with Crippen LogP contribution >= 0.6 is 0 Å². The molecule has 0 heterocycles. The molecule has 0 radical (unpaired) electrons. The summed E-state index contributed by atoms with van der Waals surface area (Å²) in [6.45, 7) is 4.71. The number of hydrogen-bond donors (Lipinski definition) is 0. The van der Waals surface area contributed by atoms with E-state index in [0.29, 0.717) is 0 Å². The molecule has 0 nitrogen and oxygen atoms in total. The van der Waals surface area contributed by atoms with Crippen LogP contribution in [0.3, 0.4) is 0 Å². The molecule has 2 aromatic carbocycles. The van der Waals surface area contributed by atoms with Gasteiger partial charge in [-0.2, -0.15) is 0 Å². The van der Waals surface area contributed by atoms with Gasteiger partial charge < -0.3 is 0 Å². The maximum absolute atomic E-state index is 2.39. The van der Waals surface area contributed by atoms with E-state index in [0.717, 1.165) is 30.1 Å². The van der Waals surface area contributed by atoms with E-state index in [1.54, 1.807) is 0 Å². The highest BCUT2D eigenvalue weighted by Gasteiger charge is 2.21. The minimum atomic E-state index is 0.915. The molecule has 0 aliphatic heterocycles. The van der Waals surface area contributed by atoms with E-state index in [-0.39, 0.29) is 0 Å². The minimum absolute atomic E-state index is 0.915. The summed E-state index contributed by atoms with van der Waals surface area (Å²) in [6, 6.07) is 19.0. The quantitative estimate of drug-likeness (QED) is 0.403. The van der Waals surface area contributed by atoms with Crippen LogP contribution in [0.25, 0.3) is 0 Å². The number of rotatable bonds is 8. The first-order valence-electron chi connectivity index (χ1n) is 13.4. The van der Waals surface area contributed by atoms with Crippen LogP contribution in [0.2, 0.25) is 0 Å². The lowest BCUT2D eigenvalue weighted by Crippen LogP contribution is -2.15. The third-order valence-electron chi connectivity index (χ3n) is 8.59. The topological polar surface area (TPSA) is 0 Å². The molecule has 0 saturated heterocycles. The molecule has 2 aliphatic rings. The average Bonchev–Trinajstić information content (AvgIpc) is 2.82. The summed E-state index contributed by atoms with van der Waals surface area (Å²) in [7, 11) is 0. The Morgan fingerprint density at radius 1 is 0.452 bits per heavy atom. The van der Waals surface area contributed by atoms with Gasteiger partial charge in [0.05, 0.1) is 0 Å². The molecule has 31 heavy (non-hydrogen) atoms. The van der Waals surface area contributed by atoms with Gasteiger partial charge >= 0.3 is 0 Å². The van der Waals surface area contributed by atoms with E-state index in [1.165, 1.54) is 99.3 Å². The molecule has 0 unspecified atom stereocenters. The van der Waals surface area contributed by atoms with Gasteiger partial charge in [-0.3, -0.25) is 0 Å². The molecule has 168 valence electrons. The van der Waals surface area contributed by atoms with Gasteiger partial charge in [0.1, 0.15) is 0 Å². The van der Waals surface area contributed by atoms with Gasteiger partial charge in [-0.15, -0.1) is 0 Å². The van der Waals surface area contributed by atoms with E-state index >= 15 is 0 Å². The zero-order chi connectivity index (χ0) is 21.5. The van der Waals surface area contributed by atoms with Gasteiger partial charge in [0.2, 0.25) is 0 Å². The highest BCUT2D eigenvalue weighted by Crippen LogP contribution is 2.33. The summed E-state index contributed by atoms with van der Waals surface area (Å²) in [5.41, 5.74) is 5.97. The van der Waals surface area contributed by atoms with Gasteiger partial charge in [-0.25, -0.2) is 0 Å². The fraction of sp³-hybridized carbons (Fsp3) is 0.613. The molecule has 0 bridgehead atoms. The van der Waals surface area contributed by atoms with Crippen molar-refractivity contribution in [1.29, 1.82) is 0 Å². The number of benzene rings is 2. The first-order valence-corrected chi connectivity index (χ1v) is 13.4. The van der Waals surface area contributed by atoms with Crippen LogP contribution in [-0.4, -0.2) is 0 Å². The molecular weight excluding hydrogens is 372 g/mol. The van der Waals surface area contributed by atoms with Crippen LogP contribution in [0.1, 0.15) is 100 Å². The van der Waals surface area contributed by atoms with Crippen molar-refractivity contribution >= 4 is 0 Å². The van der Waals surface area contributed by atoms with Crippen molar-refractivity contribution in [2.24, 2.45) is 23.7 Å². The molecule has 2 saturated carbocycles. The summed E-state index contributed by atoms with van der Waals surface area (Å²) in [5.74, 6) is 3.83. The Morgan fingerprint density at radius 2 is 0.742 bits per heavy atom. The summed E-state index contributed by atoms with van der Waals surface area (Å²) >= 11 is 0. The van der Waals surface area contributed by atoms with Crippen molar-refractivity contribution in [3.63, 3.8) is 0 Å². The van der Waals surface area contributed by atoms with Gasteiger partial charge in [0, 0.05) is 0 Å². The second-order valence-corrected chi connectivity index (χ2v) is 10.8. The summed E-state index contributed by atoms with van der Waals surface area (Å²) in [6.07, 6.45) is 17.9. The van der Waals surface area contributed by atoms with Crippen molar-refractivity contribution in [2.45, 2.75) is 97.3 Å². The Labute approximate surface area is 191 Å². The normalized spacial score (nSPS) is 26.6. The number of hydrogen-bond acceptors (Lipinski definition) is 0. The van der Waals surface area contributed by atoms with E-state index in [9.17, 15) is 0 Å². The Hall–Kier alpha value is -1.56. The maximum Gasteiger partial charge on any atom is -0.00258 e. The monoisotopic (exact) mass is 416 g/mol. The fourth-order valence-corrected chi connectivity index (χ4v) is 6.18. The van der Waals surface area contributed by atoms with Gasteiger partial charge in [0.25, 0.3) is 0 Å². The minimum Gasteiger partial charge on any atom is -0.0651 e. The Balaban J connectivity index is 1.24. The predicted molar refractivity (Wildman–Crippen MR) is 135 cm³/mol. The third kappa shape index (κ3) is 6.71. The molecular formula is C31H44.